The molecule has 1 aromatic carbocycles. The molecular formula is C13H16FN3O3. The lowest BCUT2D eigenvalue weighted by atomic mass is 10.1. The maximum Gasteiger partial charge on any atom is 0.272 e. The second-order valence-electron chi connectivity index (χ2n) is 5.38. The zero-order chi connectivity index (χ0) is 14.3. The van der Waals surface area contributed by atoms with E-state index in [1.807, 2.05) is 4.90 Å². The third kappa shape index (κ3) is 2.34. The average molecular weight is 281 g/mol. The van der Waals surface area contributed by atoms with Gasteiger partial charge in [0.25, 0.3) is 5.69 Å². The summed E-state index contributed by atoms with van der Waals surface area (Å²) in [6.45, 7) is 2.77. The fourth-order valence-electron chi connectivity index (χ4n) is 3.10. The SMILES string of the molecule is O=[N+]([O-])c1ccc(N2CCN3CC(O)CC3C2)c(F)c1. The van der Waals surface area contributed by atoms with Gasteiger partial charge < -0.3 is 10.0 Å². The number of nitrogens with zero attached hydrogens (tertiary/aromatic N) is 3. The number of non-ortho nitro benzene ring substituents is 1. The fourth-order valence-corrected chi connectivity index (χ4v) is 3.10. The second kappa shape index (κ2) is 4.99. The summed E-state index contributed by atoms with van der Waals surface area (Å²) < 4.78 is 14.0. The Balaban J connectivity index is 1.78. The van der Waals surface area contributed by atoms with Crippen molar-refractivity contribution in [2.24, 2.45) is 0 Å². The van der Waals surface area contributed by atoms with Gasteiger partial charge >= 0.3 is 0 Å². The van der Waals surface area contributed by atoms with E-state index in [-0.39, 0.29) is 17.8 Å². The van der Waals surface area contributed by atoms with Gasteiger partial charge in [0.05, 0.1) is 22.8 Å². The maximum absolute atomic E-state index is 14.0. The molecule has 2 saturated heterocycles. The van der Waals surface area contributed by atoms with Gasteiger partial charge in [0, 0.05) is 38.3 Å². The van der Waals surface area contributed by atoms with E-state index >= 15 is 0 Å². The van der Waals surface area contributed by atoms with Gasteiger partial charge in [0.15, 0.2) is 5.82 Å². The molecule has 2 fully saturated rings. The van der Waals surface area contributed by atoms with Crippen LogP contribution in [0.25, 0.3) is 0 Å². The highest BCUT2D eigenvalue weighted by Gasteiger charge is 2.35. The normalized spacial score (nSPS) is 26.6. The van der Waals surface area contributed by atoms with E-state index in [1.54, 1.807) is 0 Å². The van der Waals surface area contributed by atoms with Crippen LogP contribution >= 0.6 is 0 Å². The summed E-state index contributed by atoms with van der Waals surface area (Å²) in [5, 5.41) is 20.3. The van der Waals surface area contributed by atoms with Crippen molar-refractivity contribution < 1.29 is 14.4 Å². The Hall–Kier alpha value is -1.73. The average Bonchev–Trinajstić information content (AvgIpc) is 2.77. The van der Waals surface area contributed by atoms with Gasteiger partial charge in [-0.25, -0.2) is 4.39 Å². The quantitative estimate of drug-likeness (QED) is 0.646. The Labute approximate surface area is 115 Å². The van der Waals surface area contributed by atoms with Gasteiger partial charge in [-0.1, -0.05) is 0 Å². The minimum absolute atomic E-state index is 0.230. The van der Waals surface area contributed by atoms with E-state index in [1.165, 1.54) is 12.1 Å². The summed E-state index contributed by atoms with van der Waals surface area (Å²) in [4.78, 5) is 14.1. The molecule has 108 valence electrons. The van der Waals surface area contributed by atoms with Crippen molar-refractivity contribution in [1.29, 1.82) is 0 Å². The van der Waals surface area contributed by atoms with E-state index in [2.05, 4.69) is 4.90 Å². The minimum Gasteiger partial charge on any atom is -0.392 e. The number of hydrogen-bond donors (Lipinski definition) is 1. The molecule has 0 saturated carbocycles. The lowest BCUT2D eigenvalue weighted by molar-refractivity contribution is -0.385. The molecule has 0 bridgehead atoms. The van der Waals surface area contributed by atoms with Gasteiger partial charge in [-0.05, 0) is 12.5 Å². The van der Waals surface area contributed by atoms with Crippen LogP contribution in [-0.4, -0.2) is 53.3 Å². The van der Waals surface area contributed by atoms with Gasteiger partial charge in [0.1, 0.15) is 0 Å². The van der Waals surface area contributed by atoms with Crippen LogP contribution in [0.15, 0.2) is 18.2 Å². The molecular weight excluding hydrogens is 265 g/mol. The summed E-state index contributed by atoms with van der Waals surface area (Å²) in [5.41, 5.74) is 0.165. The zero-order valence-corrected chi connectivity index (χ0v) is 10.9. The number of piperazine rings is 1. The Morgan fingerprint density at radius 2 is 2.15 bits per heavy atom. The molecule has 2 heterocycles. The van der Waals surface area contributed by atoms with Crippen molar-refractivity contribution in [1.82, 2.24) is 4.90 Å². The Morgan fingerprint density at radius 3 is 2.85 bits per heavy atom. The van der Waals surface area contributed by atoms with Crippen molar-refractivity contribution in [2.45, 2.75) is 18.6 Å². The first-order valence-electron chi connectivity index (χ1n) is 6.65. The monoisotopic (exact) mass is 281 g/mol. The predicted molar refractivity (Wildman–Crippen MR) is 71.3 cm³/mol. The molecule has 2 atom stereocenters. The van der Waals surface area contributed by atoms with Crippen LogP contribution in [0.3, 0.4) is 0 Å². The number of fused-ring (bicyclic) bond motifs is 1. The van der Waals surface area contributed by atoms with E-state index in [4.69, 9.17) is 0 Å². The van der Waals surface area contributed by atoms with E-state index in [0.717, 1.165) is 12.6 Å². The molecule has 0 aliphatic carbocycles. The Morgan fingerprint density at radius 1 is 1.35 bits per heavy atom. The molecule has 2 aliphatic heterocycles. The smallest absolute Gasteiger partial charge is 0.272 e. The molecule has 0 spiro atoms. The van der Waals surface area contributed by atoms with E-state index < -0.39 is 10.7 Å². The molecule has 2 aliphatic rings. The van der Waals surface area contributed by atoms with Crippen molar-refractivity contribution in [3.8, 4) is 0 Å². The summed E-state index contributed by atoms with van der Waals surface area (Å²) in [7, 11) is 0. The first-order chi connectivity index (χ1) is 9.54. The van der Waals surface area contributed by atoms with Crippen LogP contribution in [0.2, 0.25) is 0 Å². The third-order valence-electron chi connectivity index (χ3n) is 4.08. The standard InChI is InChI=1S/C13H16FN3O3/c14-12-6-9(17(19)20)1-2-13(12)16-4-3-15-8-11(18)5-10(15)7-16/h1-2,6,10-11,18H,3-5,7-8H2. The highest BCUT2D eigenvalue weighted by atomic mass is 19.1. The molecule has 3 rings (SSSR count). The number of halogens is 1. The summed E-state index contributed by atoms with van der Waals surface area (Å²) in [6, 6.07) is 3.99. The number of aliphatic hydroxyl groups is 1. The molecule has 20 heavy (non-hydrogen) atoms. The molecule has 0 aromatic heterocycles. The highest BCUT2D eigenvalue weighted by Crippen LogP contribution is 2.29. The lowest BCUT2D eigenvalue weighted by Gasteiger charge is -2.38. The lowest BCUT2D eigenvalue weighted by Crippen LogP contribution is -2.50. The van der Waals surface area contributed by atoms with Gasteiger partial charge in [-0.15, -0.1) is 0 Å². The first kappa shape index (κ1) is 13.3. The van der Waals surface area contributed by atoms with Crippen molar-refractivity contribution in [2.75, 3.05) is 31.1 Å². The van der Waals surface area contributed by atoms with Crippen molar-refractivity contribution in [3.05, 3.63) is 34.1 Å². The zero-order valence-electron chi connectivity index (χ0n) is 10.9. The minimum atomic E-state index is -0.599. The predicted octanol–water partition coefficient (Wildman–Crippen LogP) is 0.989. The van der Waals surface area contributed by atoms with Gasteiger partial charge in [-0.3, -0.25) is 15.0 Å². The van der Waals surface area contributed by atoms with Crippen molar-refractivity contribution in [3.63, 3.8) is 0 Å². The topological polar surface area (TPSA) is 69.9 Å². The van der Waals surface area contributed by atoms with E-state index in [9.17, 15) is 19.6 Å². The number of hydrogen-bond acceptors (Lipinski definition) is 5. The number of benzene rings is 1. The summed E-state index contributed by atoms with van der Waals surface area (Å²) in [5.74, 6) is -0.564. The number of nitro benzene ring substituents is 1. The number of nitro groups is 1. The summed E-state index contributed by atoms with van der Waals surface area (Å²) in [6.07, 6.45) is 0.395. The van der Waals surface area contributed by atoms with Crippen LogP contribution in [0.1, 0.15) is 6.42 Å². The molecule has 1 N–H and O–H groups in total. The van der Waals surface area contributed by atoms with Crippen LogP contribution in [0.4, 0.5) is 15.8 Å². The number of anilines is 1. The summed E-state index contributed by atoms with van der Waals surface area (Å²) >= 11 is 0. The first-order valence-corrected chi connectivity index (χ1v) is 6.65. The fraction of sp³-hybridized carbons (Fsp3) is 0.538. The molecule has 1 aromatic rings. The second-order valence-corrected chi connectivity index (χ2v) is 5.38. The number of rotatable bonds is 2. The number of aliphatic hydroxyl groups excluding tert-OH is 1. The van der Waals surface area contributed by atoms with Crippen LogP contribution in [0, 0.1) is 15.9 Å². The van der Waals surface area contributed by atoms with Gasteiger partial charge in [0.2, 0.25) is 0 Å². The molecule has 7 heteroatoms. The largest absolute Gasteiger partial charge is 0.392 e. The Bertz CT molecular complexity index is 540. The van der Waals surface area contributed by atoms with Crippen molar-refractivity contribution >= 4 is 11.4 Å². The van der Waals surface area contributed by atoms with Crippen LogP contribution in [-0.2, 0) is 0 Å². The third-order valence-corrected chi connectivity index (χ3v) is 4.08. The highest BCUT2D eigenvalue weighted by molar-refractivity contribution is 5.53. The maximum atomic E-state index is 14.0. The van der Waals surface area contributed by atoms with Crippen LogP contribution < -0.4 is 4.90 Å². The molecule has 2 unspecified atom stereocenters. The van der Waals surface area contributed by atoms with E-state index in [0.29, 0.717) is 31.7 Å². The van der Waals surface area contributed by atoms with Crippen LogP contribution in [0.5, 0.6) is 0 Å². The Kier molecular flexibility index (Phi) is 3.31. The molecule has 6 nitrogen and oxygen atoms in total. The molecule has 0 radical (unpaired) electrons. The molecule has 0 amide bonds. The van der Waals surface area contributed by atoms with Gasteiger partial charge in [-0.2, -0.15) is 0 Å².